The van der Waals surface area contributed by atoms with Crippen molar-refractivity contribution in [1.82, 2.24) is 29.8 Å². The summed E-state index contributed by atoms with van der Waals surface area (Å²) in [6.45, 7) is 9.76. The van der Waals surface area contributed by atoms with E-state index in [9.17, 15) is 18.0 Å². The summed E-state index contributed by atoms with van der Waals surface area (Å²) < 4.78 is 29.2. The van der Waals surface area contributed by atoms with Crippen LogP contribution in [0.1, 0.15) is 58.8 Å². The molecule has 0 aromatic heterocycles. The molecule has 3 aliphatic heterocycles. The van der Waals surface area contributed by atoms with Crippen molar-refractivity contribution < 1.29 is 22.8 Å². The Balaban J connectivity index is 1.29. The van der Waals surface area contributed by atoms with Gasteiger partial charge in [0.15, 0.2) is 0 Å². The topological polar surface area (TPSA) is 115 Å². The molecule has 2 N–H and O–H groups in total. The fourth-order valence-electron chi connectivity index (χ4n) is 6.33. The molecule has 2 saturated carbocycles. The Morgan fingerprint density at radius 1 is 1.08 bits per heavy atom. The minimum absolute atomic E-state index is 0.159. The van der Waals surface area contributed by atoms with Gasteiger partial charge in [0.1, 0.15) is 0 Å². The number of carbonyl (C=O) groups excluding carboxylic acids is 2. The second-order valence-electron chi connectivity index (χ2n) is 12.2. The van der Waals surface area contributed by atoms with Gasteiger partial charge in [0.2, 0.25) is 15.9 Å². The highest BCUT2D eigenvalue weighted by molar-refractivity contribution is 7.90. The molecule has 37 heavy (non-hydrogen) atoms. The van der Waals surface area contributed by atoms with Crippen molar-refractivity contribution in [2.75, 3.05) is 52.9 Å². The van der Waals surface area contributed by atoms with E-state index in [1.807, 2.05) is 18.7 Å². The number of nitrogens with zero attached hydrogens (tertiary/aromatic N) is 4. The molecule has 0 aromatic carbocycles. The van der Waals surface area contributed by atoms with Gasteiger partial charge in [-0.05, 0) is 72.4 Å². The third-order valence-electron chi connectivity index (χ3n) is 8.96. The lowest BCUT2D eigenvalue weighted by molar-refractivity contribution is -0.142. The SMILES string of the molecule is CC1CC(CN2C(=O)C3CC(S(=O)(=O)NC4(C)CC4)CCC3N(CCCN3CCN(C)CC3)C2=O)ON1. The summed E-state index contributed by atoms with van der Waals surface area (Å²) in [6.07, 6.45) is 4.25. The van der Waals surface area contributed by atoms with Gasteiger partial charge in [0, 0.05) is 50.3 Å². The molecule has 5 atom stereocenters. The number of urea groups is 1. The van der Waals surface area contributed by atoms with Crippen molar-refractivity contribution in [2.24, 2.45) is 5.92 Å². The van der Waals surface area contributed by atoms with Crippen LogP contribution in [0.15, 0.2) is 0 Å². The number of likely N-dealkylation sites (N-methyl/N-ethyl adjacent to an activating group) is 1. The lowest BCUT2D eigenvalue weighted by Gasteiger charge is -2.48. The van der Waals surface area contributed by atoms with Crippen LogP contribution in [0.3, 0.4) is 0 Å². The average Bonchev–Trinajstić information content (AvgIpc) is 3.42. The van der Waals surface area contributed by atoms with Gasteiger partial charge in [-0.25, -0.2) is 17.9 Å². The van der Waals surface area contributed by atoms with Crippen molar-refractivity contribution in [3.05, 3.63) is 0 Å². The Labute approximate surface area is 221 Å². The highest BCUT2D eigenvalue weighted by atomic mass is 32.2. The second-order valence-corrected chi connectivity index (χ2v) is 14.2. The Morgan fingerprint density at radius 3 is 2.46 bits per heavy atom. The van der Waals surface area contributed by atoms with E-state index in [1.54, 1.807) is 0 Å². The van der Waals surface area contributed by atoms with Crippen molar-refractivity contribution in [2.45, 2.75) is 87.8 Å². The zero-order valence-electron chi connectivity index (χ0n) is 22.5. The molecule has 12 heteroatoms. The highest BCUT2D eigenvalue weighted by Gasteiger charge is 2.52. The first-order valence-corrected chi connectivity index (χ1v) is 15.6. The van der Waals surface area contributed by atoms with Crippen LogP contribution in [0.2, 0.25) is 0 Å². The van der Waals surface area contributed by atoms with E-state index in [1.165, 1.54) is 4.90 Å². The average molecular weight is 541 g/mol. The van der Waals surface area contributed by atoms with Gasteiger partial charge >= 0.3 is 6.03 Å². The van der Waals surface area contributed by atoms with Gasteiger partial charge < -0.3 is 14.7 Å². The first-order chi connectivity index (χ1) is 17.5. The van der Waals surface area contributed by atoms with E-state index in [4.69, 9.17) is 4.84 Å². The molecule has 2 aliphatic carbocycles. The van der Waals surface area contributed by atoms with Crippen LogP contribution >= 0.6 is 0 Å². The maximum atomic E-state index is 13.7. The van der Waals surface area contributed by atoms with Crippen LogP contribution in [0.5, 0.6) is 0 Å². The monoisotopic (exact) mass is 540 g/mol. The van der Waals surface area contributed by atoms with Gasteiger partial charge in [-0.15, -0.1) is 0 Å². The normalized spacial score (nSPS) is 35.2. The molecule has 0 bridgehead atoms. The molecule has 3 amide bonds. The number of sulfonamides is 1. The van der Waals surface area contributed by atoms with Gasteiger partial charge in [0.25, 0.3) is 0 Å². The highest BCUT2D eigenvalue weighted by Crippen LogP contribution is 2.40. The summed E-state index contributed by atoms with van der Waals surface area (Å²) in [7, 11) is -1.40. The number of carbonyl (C=O) groups is 2. The third-order valence-corrected chi connectivity index (χ3v) is 11.0. The van der Waals surface area contributed by atoms with Crippen LogP contribution in [0, 0.1) is 5.92 Å². The van der Waals surface area contributed by atoms with E-state index in [0.29, 0.717) is 25.8 Å². The number of imide groups is 1. The van der Waals surface area contributed by atoms with Gasteiger partial charge in [-0.1, -0.05) is 0 Å². The molecule has 0 radical (unpaired) electrons. The fourth-order valence-corrected chi connectivity index (χ4v) is 8.29. The second kappa shape index (κ2) is 10.7. The number of piperazine rings is 1. The number of amides is 3. The molecule has 5 unspecified atom stereocenters. The van der Waals surface area contributed by atoms with Crippen LogP contribution in [-0.4, -0.2) is 122 Å². The van der Waals surface area contributed by atoms with Crippen LogP contribution < -0.4 is 10.2 Å². The van der Waals surface area contributed by atoms with Gasteiger partial charge in [-0.3, -0.25) is 14.5 Å². The minimum atomic E-state index is -3.54. The number of hydrogen-bond donors (Lipinski definition) is 2. The number of rotatable bonds is 9. The minimum Gasteiger partial charge on any atom is -0.320 e. The van der Waals surface area contributed by atoms with E-state index >= 15 is 0 Å². The lowest BCUT2D eigenvalue weighted by Crippen LogP contribution is -2.65. The number of fused-ring (bicyclic) bond motifs is 1. The molecule has 5 rings (SSSR count). The number of hydrogen-bond acceptors (Lipinski definition) is 8. The summed E-state index contributed by atoms with van der Waals surface area (Å²) in [5, 5.41) is -0.609. The molecule has 3 saturated heterocycles. The summed E-state index contributed by atoms with van der Waals surface area (Å²) in [4.78, 5) is 40.9. The van der Waals surface area contributed by atoms with Crippen LogP contribution in [0.25, 0.3) is 0 Å². The Morgan fingerprint density at radius 2 is 1.81 bits per heavy atom. The standard InChI is InChI=1S/C25H44N6O5S/c1-18-15-19(36-26-18)17-31-23(32)21-16-20(37(34,35)27-25(2)7-8-25)5-6-22(21)30(24(31)33)10-4-9-29-13-11-28(3)12-14-29/h18-22,26-27H,4-17H2,1-3H3. The van der Waals surface area contributed by atoms with Crippen LogP contribution in [-0.2, 0) is 19.7 Å². The predicted octanol–water partition coefficient (Wildman–Crippen LogP) is 0.579. The molecule has 5 fully saturated rings. The van der Waals surface area contributed by atoms with E-state index in [2.05, 4.69) is 27.0 Å². The Kier molecular flexibility index (Phi) is 7.88. The van der Waals surface area contributed by atoms with Crippen molar-refractivity contribution in [1.29, 1.82) is 0 Å². The quantitative estimate of drug-likeness (QED) is 0.437. The summed E-state index contributed by atoms with van der Waals surface area (Å²) >= 11 is 0. The Bertz CT molecular complexity index is 967. The molecular weight excluding hydrogens is 496 g/mol. The molecule has 5 aliphatic rings. The molecule has 210 valence electrons. The smallest absolute Gasteiger partial charge is 0.320 e. The maximum absolute atomic E-state index is 13.7. The lowest BCUT2D eigenvalue weighted by atomic mass is 9.80. The van der Waals surface area contributed by atoms with Gasteiger partial charge in [0.05, 0.1) is 23.8 Å². The Hall–Kier alpha value is -1.31. The molecule has 11 nitrogen and oxygen atoms in total. The number of nitrogens with one attached hydrogen (secondary N) is 2. The zero-order valence-corrected chi connectivity index (χ0v) is 23.3. The largest absolute Gasteiger partial charge is 0.327 e. The molecule has 3 heterocycles. The van der Waals surface area contributed by atoms with E-state index in [-0.39, 0.29) is 48.6 Å². The van der Waals surface area contributed by atoms with Crippen molar-refractivity contribution >= 4 is 22.0 Å². The van der Waals surface area contributed by atoms with E-state index in [0.717, 1.165) is 52.0 Å². The summed E-state index contributed by atoms with van der Waals surface area (Å²) in [5.74, 6) is -0.749. The third kappa shape index (κ3) is 6.14. The zero-order chi connectivity index (χ0) is 26.4. The van der Waals surface area contributed by atoms with Crippen LogP contribution in [0.4, 0.5) is 4.79 Å². The van der Waals surface area contributed by atoms with Crippen molar-refractivity contribution in [3.63, 3.8) is 0 Å². The predicted molar refractivity (Wildman–Crippen MR) is 139 cm³/mol. The molecule has 0 spiro atoms. The maximum Gasteiger partial charge on any atom is 0.327 e. The molecule has 0 aromatic rings. The fraction of sp³-hybridized carbons (Fsp3) is 0.920. The first-order valence-electron chi connectivity index (χ1n) is 14.0. The van der Waals surface area contributed by atoms with Gasteiger partial charge in [-0.2, -0.15) is 5.48 Å². The van der Waals surface area contributed by atoms with Crippen molar-refractivity contribution in [3.8, 4) is 0 Å². The molecular formula is C25H44N6O5S. The summed E-state index contributed by atoms with van der Waals surface area (Å²) in [6, 6.07) is -0.336. The summed E-state index contributed by atoms with van der Waals surface area (Å²) in [5.41, 5.74) is 2.59. The van der Waals surface area contributed by atoms with E-state index < -0.39 is 21.2 Å². The number of hydroxylamine groups is 1. The first kappa shape index (κ1) is 27.3.